The van der Waals surface area contributed by atoms with Crippen molar-refractivity contribution in [3.8, 4) is 0 Å². The predicted octanol–water partition coefficient (Wildman–Crippen LogP) is 3.30. The molecule has 0 spiro atoms. The third-order valence-corrected chi connectivity index (χ3v) is 3.69. The molecule has 1 saturated heterocycles. The van der Waals surface area contributed by atoms with Gasteiger partial charge in [-0.15, -0.1) is 0 Å². The lowest BCUT2D eigenvalue weighted by Gasteiger charge is -2.41. The molecule has 0 aromatic rings. The first-order valence-electron chi connectivity index (χ1n) is 7.61. The van der Waals surface area contributed by atoms with Crippen LogP contribution in [-0.4, -0.2) is 36.6 Å². The Labute approximate surface area is 114 Å². The lowest BCUT2D eigenvalue weighted by molar-refractivity contribution is 0.120. The van der Waals surface area contributed by atoms with E-state index >= 15 is 0 Å². The number of hydrogen-bond acceptors (Lipinski definition) is 2. The molecule has 1 rings (SSSR count). The summed E-state index contributed by atoms with van der Waals surface area (Å²) >= 11 is 0. The quantitative estimate of drug-likeness (QED) is 0.730. The Kier molecular flexibility index (Phi) is 6.95. The standard InChI is InChI=1S/C16H32N2/c1-6-7-8-18-12-15(9-13(2)3)17-11-16(18)10-14(4)5/h6-7,13-17H,8-12H2,1-5H3/b7-6+. The molecule has 1 fully saturated rings. The third-order valence-electron chi connectivity index (χ3n) is 3.69. The van der Waals surface area contributed by atoms with Gasteiger partial charge in [0, 0.05) is 31.7 Å². The highest BCUT2D eigenvalue weighted by Gasteiger charge is 2.27. The van der Waals surface area contributed by atoms with Crippen molar-refractivity contribution >= 4 is 0 Å². The van der Waals surface area contributed by atoms with E-state index in [2.05, 4.69) is 57.0 Å². The molecule has 106 valence electrons. The zero-order valence-electron chi connectivity index (χ0n) is 12.9. The number of hydrogen-bond donors (Lipinski definition) is 1. The highest BCUT2D eigenvalue weighted by molar-refractivity contribution is 4.91. The maximum absolute atomic E-state index is 3.75. The van der Waals surface area contributed by atoms with Crippen LogP contribution in [0.5, 0.6) is 0 Å². The fourth-order valence-electron chi connectivity index (χ4n) is 2.90. The molecule has 2 heteroatoms. The fraction of sp³-hybridized carbons (Fsp3) is 0.875. The Bertz CT molecular complexity index is 245. The monoisotopic (exact) mass is 252 g/mol. The van der Waals surface area contributed by atoms with Crippen molar-refractivity contribution < 1.29 is 0 Å². The molecule has 2 nitrogen and oxygen atoms in total. The Morgan fingerprint density at radius 3 is 2.39 bits per heavy atom. The zero-order chi connectivity index (χ0) is 13.5. The van der Waals surface area contributed by atoms with Crippen LogP contribution in [0.2, 0.25) is 0 Å². The van der Waals surface area contributed by atoms with Gasteiger partial charge in [-0.3, -0.25) is 4.90 Å². The summed E-state index contributed by atoms with van der Waals surface area (Å²) in [5.74, 6) is 1.57. The van der Waals surface area contributed by atoms with Crippen molar-refractivity contribution in [2.75, 3.05) is 19.6 Å². The van der Waals surface area contributed by atoms with Crippen molar-refractivity contribution in [2.45, 2.75) is 59.5 Å². The predicted molar refractivity (Wildman–Crippen MR) is 80.9 cm³/mol. The van der Waals surface area contributed by atoms with Gasteiger partial charge in [-0.1, -0.05) is 39.8 Å². The van der Waals surface area contributed by atoms with Crippen LogP contribution in [0.15, 0.2) is 12.2 Å². The molecule has 1 aliphatic rings. The minimum atomic E-state index is 0.679. The molecular weight excluding hydrogens is 220 g/mol. The van der Waals surface area contributed by atoms with E-state index in [4.69, 9.17) is 0 Å². The topological polar surface area (TPSA) is 15.3 Å². The second kappa shape index (κ2) is 7.96. The summed E-state index contributed by atoms with van der Waals surface area (Å²) in [5.41, 5.74) is 0. The van der Waals surface area contributed by atoms with Crippen molar-refractivity contribution in [2.24, 2.45) is 11.8 Å². The summed E-state index contributed by atoms with van der Waals surface area (Å²) in [6.45, 7) is 14.9. The molecule has 2 unspecified atom stereocenters. The van der Waals surface area contributed by atoms with Gasteiger partial charge < -0.3 is 5.32 Å². The number of nitrogens with one attached hydrogen (secondary N) is 1. The van der Waals surface area contributed by atoms with Crippen molar-refractivity contribution in [1.82, 2.24) is 10.2 Å². The Balaban J connectivity index is 2.54. The van der Waals surface area contributed by atoms with E-state index in [-0.39, 0.29) is 0 Å². The summed E-state index contributed by atoms with van der Waals surface area (Å²) < 4.78 is 0. The molecule has 0 aromatic carbocycles. The van der Waals surface area contributed by atoms with Gasteiger partial charge in [0.15, 0.2) is 0 Å². The summed E-state index contributed by atoms with van der Waals surface area (Å²) in [7, 11) is 0. The fourth-order valence-corrected chi connectivity index (χ4v) is 2.90. The van der Waals surface area contributed by atoms with Crippen LogP contribution in [-0.2, 0) is 0 Å². The molecule has 0 bridgehead atoms. The molecular formula is C16H32N2. The molecule has 1 aliphatic heterocycles. The van der Waals surface area contributed by atoms with Crippen LogP contribution >= 0.6 is 0 Å². The summed E-state index contributed by atoms with van der Waals surface area (Å²) in [6.07, 6.45) is 7.07. The van der Waals surface area contributed by atoms with Crippen molar-refractivity contribution in [3.63, 3.8) is 0 Å². The van der Waals surface area contributed by atoms with Gasteiger partial charge in [-0.05, 0) is 31.6 Å². The van der Waals surface area contributed by atoms with Gasteiger partial charge in [-0.2, -0.15) is 0 Å². The largest absolute Gasteiger partial charge is 0.311 e. The smallest absolute Gasteiger partial charge is 0.0227 e. The van der Waals surface area contributed by atoms with E-state index in [9.17, 15) is 0 Å². The van der Waals surface area contributed by atoms with Crippen LogP contribution in [0.25, 0.3) is 0 Å². The minimum absolute atomic E-state index is 0.679. The molecule has 1 N–H and O–H groups in total. The lowest BCUT2D eigenvalue weighted by atomic mass is 9.95. The highest BCUT2D eigenvalue weighted by atomic mass is 15.2. The molecule has 0 aliphatic carbocycles. The van der Waals surface area contributed by atoms with E-state index in [1.54, 1.807) is 0 Å². The van der Waals surface area contributed by atoms with Crippen LogP contribution in [0.3, 0.4) is 0 Å². The van der Waals surface area contributed by atoms with E-state index in [1.165, 1.54) is 19.4 Å². The number of nitrogens with zero attached hydrogens (tertiary/aromatic N) is 1. The van der Waals surface area contributed by atoms with E-state index < -0.39 is 0 Å². The molecule has 1 heterocycles. The second-order valence-corrected chi connectivity index (χ2v) is 6.54. The average molecular weight is 252 g/mol. The molecule has 0 saturated carbocycles. The summed E-state index contributed by atoms with van der Waals surface area (Å²) in [5, 5.41) is 3.75. The summed E-state index contributed by atoms with van der Waals surface area (Å²) in [6, 6.07) is 1.39. The van der Waals surface area contributed by atoms with Gasteiger partial charge in [0.25, 0.3) is 0 Å². The zero-order valence-corrected chi connectivity index (χ0v) is 12.9. The van der Waals surface area contributed by atoms with Crippen LogP contribution in [0.4, 0.5) is 0 Å². The molecule has 0 aromatic heterocycles. The van der Waals surface area contributed by atoms with Gasteiger partial charge in [0.05, 0.1) is 0 Å². The van der Waals surface area contributed by atoms with Crippen molar-refractivity contribution in [3.05, 3.63) is 12.2 Å². The Morgan fingerprint density at radius 1 is 1.17 bits per heavy atom. The first-order valence-corrected chi connectivity index (χ1v) is 7.61. The highest BCUT2D eigenvalue weighted by Crippen LogP contribution is 2.18. The SMILES string of the molecule is C/C=C/CN1CC(CC(C)C)NCC1CC(C)C. The first kappa shape index (κ1) is 15.7. The maximum atomic E-state index is 3.75. The van der Waals surface area contributed by atoms with Gasteiger partial charge in [-0.25, -0.2) is 0 Å². The van der Waals surface area contributed by atoms with Crippen molar-refractivity contribution in [1.29, 1.82) is 0 Å². The minimum Gasteiger partial charge on any atom is -0.311 e. The molecule has 0 amide bonds. The normalized spacial score (nSPS) is 26.6. The molecule has 18 heavy (non-hydrogen) atoms. The van der Waals surface area contributed by atoms with E-state index in [0.29, 0.717) is 12.1 Å². The maximum Gasteiger partial charge on any atom is 0.0227 e. The van der Waals surface area contributed by atoms with Gasteiger partial charge in [0.1, 0.15) is 0 Å². The second-order valence-electron chi connectivity index (χ2n) is 6.54. The van der Waals surface area contributed by atoms with Gasteiger partial charge in [0.2, 0.25) is 0 Å². The Morgan fingerprint density at radius 2 is 1.83 bits per heavy atom. The third kappa shape index (κ3) is 5.53. The summed E-state index contributed by atoms with van der Waals surface area (Å²) in [4.78, 5) is 2.67. The number of piperazine rings is 1. The number of rotatable bonds is 6. The average Bonchev–Trinajstić information content (AvgIpc) is 2.27. The van der Waals surface area contributed by atoms with E-state index in [1.807, 2.05) is 0 Å². The molecule has 0 radical (unpaired) electrons. The van der Waals surface area contributed by atoms with Crippen LogP contribution in [0.1, 0.15) is 47.5 Å². The first-order chi connectivity index (χ1) is 8.52. The number of allylic oxidation sites excluding steroid dienone is 1. The molecule has 2 atom stereocenters. The van der Waals surface area contributed by atoms with Gasteiger partial charge >= 0.3 is 0 Å². The Hall–Kier alpha value is -0.340. The lowest BCUT2D eigenvalue weighted by Crippen LogP contribution is -2.57. The van der Waals surface area contributed by atoms with E-state index in [0.717, 1.165) is 24.9 Å². The van der Waals surface area contributed by atoms with Crippen LogP contribution in [0, 0.1) is 11.8 Å². The van der Waals surface area contributed by atoms with Crippen LogP contribution < -0.4 is 5.32 Å².